The molecule has 0 saturated carbocycles. The van der Waals surface area contributed by atoms with E-state index < -0.39 is 0 Å². The van der Waals surface area contributed by atoms with Gasteiger partial charge in [0.15, 0.2) is 5.16 Å². The summed E-state index contributed by atoms with van der Waals surface area (Å²) in [6.45, 7) is 7.81. The smallest absolute Gasteiger partial charge is 0.188 e. The fraction of sp³-hybridized carbons (Fsp3) is 0.500. The van der Waals surface area contributed by atoms with E-state index in [0.29, 0.717) is 5.16 Å². The lowest BCUT2D eigenvalue weighted by molar-refractivity contribution is 0.879. The molecular weight excluding hydrogens is 208 g/mol. The summed E-state index contributed by atoms with van der Waals surface area (Å²) >= 11 is 1.42. The Labute approximate surface area is 94.2 Å². The number of thioether (sulfide) groups is 1. The number of nitrogens with zero attached hydrogens (tertiary/aromatic N) is 2. The minimum Gasteiger partial charge on any atom is -0.387 e. The zero-order valence-corrected chi connectivity index (χ0v) is 10.3. The van der Waals surface area contributed by atoms with Gasteiger partial charge in [-0.3, -0.25) is 5.41 Å². The summed E-state index contributed by atoms with van der Waals surface area (Å²) in [7, 11) is 0. The van der Waals surface area contributed by atoms with Crippen molar-refractivity contribution >= 4 is 17.6 Å². The van der Waals surface area contributed by atoms with Gasteiger partial charge in [-0.25, -0.2) is 9.97 Å². The minimum atomic E-state index is -0.0773. The monoisotopic (exact) mass is 224 g/mol. The largest absolute Gasteiger partial charge is 0.387 e. The van der Waals surface area contributed by atoms with Crippen molar-refractivity contribution < 1.29 is 0 Å². The Bertz CT molecular complexity index is 366. The number of hydrogen-bond acceptors (Lipinski definition) is 4. The van der Waals surface area contributed by atoms with Gasteiger partial charge < -0.3 is 5.73 Å². The minimum absolute atomic E-state index is 0.0773. The maximum Gasteiger partial charge on any atom is 0.188 e. The number of nitrogens with two attached hydrogens (primary N) is 1. The van der Waals surface area contributed by atoms with E-state index in [1.54, 1.807) is 0 Å². The standard InChI is InChI=1S/C10H16N4S/c1-5-6(2)13-10(14-7(5)3)15-8(4)9(11)12/h8H,1-4H3,(H3,11,12). The van der Waals surface area contributed by atoms with Gasteiger partial charge in [0.25, 0.3) is 0 Å². The van der Waals surface area contributed by atoms with Gasteiger partial charge in [0.2, 0.25) is 0 Å². The third-order valence-corrected chi connectivity index (χ3v) is 3.33. The molecule has 0 amide bonds. The van der Waals surface area contributed by atoms with Crippen LogP contribution in [0.5, 0.6) is 0 Å². The molecule has 1 unspecified atom stereocenters. The summed E-state index contributed by atoms with van der Waals surface area (Å²) < 4.78 is 0. The molecule has 0 saturated heterocycles. The molecule has 0 radical (unpaired) electrons. The molecule has 1 rings (SSSR count). The highest BCUT2D eigenvalue weighted by Gasteiger charge is 2.11. The van der Waals surface area contributed by atoms with Crippen LogP contribution in [0.2, 0.25) is 0 Å². The highest BCUT2D eigenvalue weighted by molar-refractivity contribution is 8.00. The van der Waals surface area contributed by atoms with Gasteiger partial charge in [-0.2, -0.15) is 0 Å². The van der Waals surface area contributed by atoms with Gasteiger partial charge in [-0.05, 0) is 33.3 Å². The summed E-state index contributed by atoms with van der Waals surface area (Å²) in [5, 5.41) is 7.92. The van der Waals surface area contributed by atoms with Crippen LogP contribution >= 0.6 is 11.8 Å². The summed E-state index contributed by atoms with van der Waals surface area (Å²) in [6, 6.07) is 0. The Hall–Kier alpha value is -1.10. The van der Waals surface area contributed by atoms with Crippen LogP contribution in [0, 0.1) is 26.2 Å². The van der Waals surface area contributed by atoms with Crippen LogP contribution in [0.4, 0.5) is 0 Å². The summed E-state index contributed by atoms with van der Waals surface area (Å²) in [5.74, 6) is 0.152. The Balaban J connectivity index is 2.92. The fourth-order valence-corrected chi connectivity index (χ4v) is 1.84. The number of nitrogens with one attached hydrogen (secondary N) is 1. The van der Waals surface area contributed by atoms with E-state index in [0.717, 1.165) is 17.0 Å². The second-order valence-corrected chi connectivity index (χ2v) is 4.83. The second-order valence-electron chi connectivity index (χ2n) is 3.52. The quantitative estimate of drug-likeness (QED) is 0.355. The van der Waals surface area contributed by atoms with E-state index in [1.807, 2.05) is 27.7 Å². The van der Waals surface area contributed by atoms with Crippen LogP contribution in [0.1, 0.15) is 23.9 Å². The van der Waals surface area contributed by atoms with E-state index in [-0.39, 0.29) is 11.1 Å². The maximum atomic E-state index is 7.30. The lowest BCUT2D eigenvalue weighted by Gasteiger charge is -2.10. The maximum absolute atomic E-state index is 7.30. The first-order valence-corrected chi connectivity index (χ1v) is 5.62. The SMILES string of the molecule is Cc1nc(SC(C)C(=N)N)nc(C)c1C. The van der Waals surface area contributed by atoms with Crippen molar-refractivity contribution in [3.8, 4) is 0 Å². The van der Waals surface area contributed by atoms with Gasteiger partial charge >= 0.3 is 0 Å². The molecule has 1 heterocycles. The first kappa shape index (κ1) is 12.0. The molecule has 1 atom stereocenters. The molecule has 0 aliphatic heterocycles. The van der Waals surface area contributed by atoms with Crippen LogP contribution in [0.25, 0.3) is 0 Å². The molecule has 3 N–H and O–H groups in total. The molecule has 15 heavy (non-hydrogen) atoms. The molecular formula is C10H16N4S. The topological polar surface area (TPSA) is 75.7 Å². The summed E-state index contributed by atoms with van der Waals surface area (Å²) in [5.41, 5.74) is 8.49. The molecule has 1 aromatic heterocycles. The number of amidine groups is 1. The van der Waals surface area contributed by atoms with Gasteiger partial charge in [-0.1, -0.05) is 11.8 Å². The third kappa shape index (κ3) is 2.92. The van der Waals surface area contributed by atoms with Crippen LogP contribution in [-0.4, -0.2) is 21.1 Å². The number of aryl methyl sites for hydroxylation is 2. The van der Waals surface area contributed by atoms with Crippen LogP contribution < -0.4 is 5.73 Å². The Morgan fingerprint density at radius 3 is 2.13 bits per heavy atom. The number of aromatic nitrogens is 2. The number of hydrogen-bond donors (Lipinski definition) is 2. The molecule has 0 bridgehead atoms. The average Bonchev–Trinajstić information content (AvgIpc) is 2.13. The van der Waals surface area contributed by atoms with Crippen molar-refractivity contribution in [1.29, 1.82) is 5.41 Å². The van der Waals surface area contributed by atoms with Gasteiger partial charge in [0, 0.05) is 11.4 Å². The summed E-state index contributed by atoms with van der Waals surface area (Å²) in [6.07, 6.45) is 0. The van der Waals surface area contributed by atoms with E-state index in [2.05, 4.69) is 9.97 Å². The molecule has 5 heteroatoms. The molecule has 0 spiro atoms. The highest BCUT2D eigenvalue weighted by Crippen LogP contribution is 2.21. The predicted molar refractivity (Wildman–Crippen MR) is 63.5 cm³/mol. The zero-order valence-electron chi connectivity index (χ0n) is 9.46. The molecule has 0 aliphatic carbocycles. The molecule has 0 aromatic carbocycles. The van der Waals surface area contributed by atoms with E-state index >= 15 is 0 Å². The van der Waals surface area contributed by atoms with Crippen molar-refractivity contribution in [1.82, 2.24) is 9.97 Å². The van der Waals surface area contributed by atoms with Crippen LogP contribution in [0.3, 0.4) is 0 Å². The predicted octanol–water partition coefficient (Wildman–Crippen LogP) is 1.82. The summed E-state index contributed by atoms with van der Waals surface area (Å²) in [4.78, 5) is 8.71. The van der Waals surface area contributed by atoms with Crippen molar-refractivity contribution in [2.45, 2.75) is 38.1 Å². The Morgan fingerprint density at radius 2 is 1.73 bits per heavy atom. The van der Waals surface area contributed by atoms with Gasteiger partial charge in [-0.15, -0.1) is 0 Å². The first-order valence-electron chi connectivity index (χ1n) is 4.74. The lowest BCUT2D eigenvalue weighted by Crippen LogP contribution is -2.22. The number of rotatable bonds is 3. The zero-order chi connectivity index (χ0) is 11.6. The Kier molecular flexibility index (Phi) is 3.68. The van der Waals surface area contributed by atoms with E-state index in [4.69, 9.17) is 11.1 Å². The molecule has 4 nitrogen and oxygen atoms in total. The molecule has 0 aliphatic rings. The molecule has 82 valence electrons. The van der Waals surface area contributed by atoms with Gasteiger partial charge in [0.05, 0.1) is 5.25 Å². The fourth-order valence-electron chi connectivity index (χ4n) is 1.02. The first-order chi connectivity index (χ1) is 6.91. The Morgan fingerprint density at radius 1 is 1.27 bits per heavy atom. The van der Waals surface area contributed by atoms with Crippen molar-refractivity contribution in [2.24, 2.45) is 5.73 Å². The second kappa shape index (κ2) is 4.61. The van der Waals surface area contributed by atoms with Crippen molar-refractivity contribution in [3.63, 3.8) is 0 Å². The lowest BCUT2D eigenvalue weighted by atomic mass is 10.2. The molecule has 1 aromatic rings. The third-order valence-electron chi connectivity index (χ3n) is 2.33. The highest BCUT2D eigenvalue weighted by atomic mass is 32.2. The van der Waals surface area contributed by atoms with E-state index in [1.165, 1.54) is 11.8 Å². The van der Waals surface area contributed by atoms with E-state index in [9.17, 15) is 0 Å². The van der Waals surface area contributed by atoms with Crippen molar-refractivity contribution in [3.05, 3.63) is 17.0 Å². The average molecular weight is 224 g/mol. The van der Waals surface area contributed by atoms with Crippen LogP contribution in [0.15, 0.2) is 5.16 Å². The van der Waals surface area contributed by atoms with Gasteiger partial charge in [0.1, 0.15) is 5.84 Å². The molecule has 0 fully saturated rings. The van der Waals surface area contributed by atoms with Crippen LogP contribution in [-0.2, 0) is 0 Å². The van der Waals surface area contributed by atoms with Crippen molar-refractivity contribution in [2.75, 3.05) is 0 Å². The normalized spacial score (nSPS) is 12.5.